The second-order valence-electron chi connectivity index (χ2n) is 6.80. The van der Waals surface area contributed by atoms with E-state index in [1.807, 2.05) is 36.4 Å². The molecule has 154 valence electrons. The molecular formula is C26H26O4. The van der Waals surface area contributed by atoms with Crippen molar-refractivity contribution < 1.29 is 19.4 Å². The Bertz CT molecular complexity index is 1010. The quantitative estimate of drug-likeness (QED) is 0.396. The van der Waals surface area contributed by atoms with Crippen molar-refractivity contribution in [2.75, 3.05) is 13.2 Å². The molecule has 4 nitrogen and oxygen atoms in total. The van der Waals surface area contributed by atoms with Crippen molar-refractivity contribution in [3.63, 3.8) is 0 Å². The Hall–Kier alpha value is -3.37. The summed E-state index contributed by atoms with van der Waals surface area (Å²) in [5.41, 5.74) is 6.48. The lowest BCUT2D eigenvalue weighted by Crippen LogP contribution is -2.06. The van der Waals surface area contributed by atoms with E-state index < -0.39 is 5.97 Å². The van der Waals surface area contributed by atoms with Gasteiger partial charge in [0.15, 0.2) is 0 Å². The van der Waals surface area contributed by atoms with Crippen molar-refractivity contribution in [2.45, 2.75) is 20.0 Å². The number of hydrogen-bond donors (Lipinski definition) is 1. The fraction of sp³-hybridized carbons (Fsp3) is 0.192. The van der Waals surface area contributed by atoms with Gasteiger partial charge in [-0.25, -0.2) is 4.79 Å². The van der Waals surface area contributed by atoms with Crippen LogP contribution < -0.4 is 4.74 Å². The molecule has 0 aliphatic heterocycles. The molecule has 0 saturated heterocycles. The number of carbonyl (C=O) groups excluding carboxylic acids is 1. The molecule has 3 rings (SSSR count). The average molecular weight is 402 g/mol. The summed E-state index contributed by atoms with van der Waals surface area (Å²) in [6, 6.07) is 22.6. The van der Waals surface area contributed by atoms with Crippen molar-refractivity contribution in [2.24, 2.45) is 0 Å². The number of benzene rings is 3. The Balaban J connectivity index is 1.97. The highest BCUT2D eigenvalue weighted by Crippen LogP contribution is 2.32. The Morgan fingerprint density at radius 1 is 0.967 bits per heavy atom. The maximum absolute atomic E-state index is 11.5. The molecule has 0 unspecified atom stereocenters. The zero-order chi connectivity index (χ0) is 21.3. The highest BCUT2D eigenvalue weighted by molar-refractivity contribution is 5.81. The van der Waals surface area contributed by atoms with Gasteiger partial charge in [0, 0.05) is 11.6 Å². The first kappa shape index (κ1) is 21.3. The minimum Gasteiger partial charge on any atom is -0.491 e. The van der Waals surface area contributed by atoms with Crippen LogP contribution in [-0.4, -0.2) is 24.3 Å². The molecule has 0 spiro atoms. The van der Waals surface area contributed by atoms with Crippen LogP contribution in [0.1, 0.15) is 18.1 Å². The summed E-state index contributed by atoms with van der Waals surface area (Å²) < 4.78 is 10.8. The predicted octanol–water partition coefficient (Wildman–Crippen LogP) is 5.18. The number of aliphatic hydroxyl groups is 1. The molecule has 0 atom stereocenters. The molecule has 0 fully saturated rings. The van der Waals surface area contributed by atoms with Gasteiger partial charge in [0.1, 0.15) is 19.0 Å². The normalized spacial score (nSPS) is 10.5. The summed E-state index contributed by atoms with van der Waals surface area (Å²) in [5, 5.41) is 9.07. The highest BCUT2D eigenvalue weighted by Gasteiger charge is 2.12. The lowest BCUT2D eigenvalue weighted by Gasteiger charge is -2.15. The number of esters is 1. The fourth-order valence-corrected chi connectivity index (χ4v) is 3.34. The van der Waals surface area contributed by atoms with Gasteiger partial charge in [-0.15, -0.1) is 0 Å². The standard InChI is InChI=1S/C26H26O4/c1-3-19-16-21(20-8-6-5-7-9-20)10-12-24(19)22-11-13-25(29-15-14-27)23(17-22)18-30-26(28)4-2/h4-13,16-17,27H,2-3,14-15,18H2,1H3. The molecule has 30 heavy (non-hydrogen) atoms. The summed E-state index contributed by atoms with van der Waals surface area (Å²) in [6.07, 6.45) is 2.02. The Morgan fingerprint density at radius 3 is 2.40 bits per heavy atom. The van der Waals surface area contributed by atoms with Gasteiger partial charge in [0.25, 0.3) is 0 Å². The first-order valence-corrected chi connectivity index (χ1v) is 10.0. The zero-order valence-corrected chi connectivity index (χ0v) is 17.1. The van der Waals surface area contributed by atoms with Gasteiger partial charge in [-0.05, 0) is 46.4 Å². The highest BCUT2D eigenvalue weighted by atomic mass is 16.5. The minimum atomic E-state index is -0.491. The van der Waals surface area contributed by atoms with Gasteiger partial charge in [-0.3, -0.25) is 0 Å². The van der Waals surface area contributed by atoms with Crippen LogP contribution in [0, 0.1) is 0 Å². The van der Waals surface area contributed by atoms with Crippen molar-refractivity contribution in [1.29, 1.82) is 0 Å². The Kier molecular flexibility index (Phi) is 7.41. The van der Waals surface area contributed by atoms with E-state index in [0.717, 1.165) is 29.2 Å². The van der Waals surface area contributed by atoms with Gasteiger partial charge in [0.05, 0.1) is 6.61 Å². The minimum absolute atomic E-state index is 0.0724. The molecule has 1 N–H and O–H groups in total. The fourth-order valence-electron chi connectivity index (χ4n) is 3.34. The van der Waals surface area contributed by atoms with Gasteiger partial charge < -0.3 is 14.6 Å². The number of carbonyl (C=O) groups is 1. The lowest BCUT2D eigenvalue weighted by atomic mass is 9.93. The third kappa shape index (κ3) is 5.16. The first-order chi connectivity index (χ1) is 14.7. The zero-order valence-electron chi connectivity index (χ0n) is 17.1. The van der Waals surface area contributed by atoms with Gasteiger partial charge in [-0.2, -0.15) is 0 Å². The van der Waals surface area contributed by atoms with E-state index in [1.54, 1.807) is 0 Å². The monoisotopic (exact) mass is 402 g/mol. The van der Waals surface area contributed by atoms with Crippen LogP contribution in [-0.2, 0) is 22.6 Å². The molecule has 3 aromatic carbocycles. The van der Waals surface area contributed by atoms with Crippen LogP contribution in [0.2, 0.25) is 0 Å². The van der Waals surface area contributed by atoms with E-state index in [0.29, 0.717) is 5.75 Å². The summed E-state index contributed by atoms with van der Waals surface area (Å²) in [5.74, 6) is 0.0959. The molecule has 0 radical (unpaired) electrons. The number of aryl methyl sites for hydroxylation is 1. The molecule has 3 aromatic rings. The van der Waals surface area contributed by atoms with Crippen LogP contribution in [0.25, 0.3) is 22.3 Å². The second kappa shape index (κ2) is 10.4. The molecule has 0 saturated carbocycles. The topological polar surface area (TPSA) is 55.8 Å². The summed E-state index contributed by atoms with van der Waals surface area (Å²) in [4.78, 5) is 11.5. The molecule has 0 bridgehead atoms. The largest absolute Gasteiger partial charge is 0.491 e. The smallest absolute Gasteiger partial charge is 0.330 e. The second-order valence-corrected chi connectivity index (χ2v) is 6.80. The van der Waals surface area contributed by atoms with Crippen LogP contribution in [0.5, 0.6) is 5.75 Å². The molecule has 4 heteroatoms. The maximum Gasteiger partial charge on any atom is 0.330 e. The van der Waals surface area contributed by atoms with Crippen molar-refractivity contribution in [3.05, 3.63) is 90.5 Å². The van der Waals surface area contributed by atoms with E-state index in [1.165, 1.54) is 16.7 Å². The third-order valence-corrected chi connectivity index (χ3v) is 4.85. The molecule has 0 aliphatic rings. The van der Waals surface area contributed by atoms with Crippen molar-refractivity contribution in [3.8, 4) is 28.0 Å². The molecular weight excluding hydrogens is 376 g/mol. The van der Waals surface area contributed by atoms with E-state index in [2.05, 4.69) is 43.8 Å². The summed E-state index contributed by atoms with van der Waals surface area (Å²) in [6.45, 7) is 5.72. The SMILES string of the molecule is C=CC(=O)OCc1cc(-c2ccc(-c3ccccc3)cc2CC)ccc1OCCO. The van der Waals surface area contributed by atoms with Crippen molar-refractivity contribution in [1.82, 2.24) is 0 Å². The summed E-state index contributed by atoms with van der Waals surface area (Å²) in [7, 11) is 0. The number of ether oxygens (including phenoxy) is 2. The van der Waals surface area contributed by atoms with E-state index in [-0.39, 0.29) is 19.8 Å². The first-order valence-electron chi connectivity index (χ1n) is 10.0. The predicted molar refractivity (Wildman–Crippen MR) is 119 cm³/mol. The lowest BCUT2D eigenvalue weighted by molar-refractivity contribution is -0.139. The van der Waals surface area contributed by atoms with Crippen LogP contribution >= 0.6 is 0 Å². The molecule has 0 aliphatic carbocycles. The van der Waals surface area contributed by atoms with Gasteiger partial charge >= 0.3 is 5.97 Å². The van der Waals surface area contributed by atoms with Gasteiger partial charge in [-0.1, -0.05) is 68.1 Å². The van der Waals surface area contributed by atoms with Crippen LogP contribution in [0.15, 0.2) is 79.4 Å². The Labute approximate surface area is 177 Å². The van der Waals surface area contributed by atoms with Gasteiger partial charge in [0.2, 0.25) is 0 Å². The number of hydrogen-bond acceptors (Lipinski definition) is 4. The van der Waals surface area contributed by atoms with E-state index >= 15 is 0 Å². The summed E-state index contributed by atoms with van der Waals surface area (Å²) >= 11 is 0. The molecule has 0 aromatic heterocycles. The van der Waals surface area contributed by atoms with Crippen LogP contribution in [0.3, 0.4) is 0 Å². The number of rotatable bonds is 9. The molecule has 0 amide bonds. The average Bonchev–Trinajstić information content (AvgIpc) is 2.81. The molecule has 0 heterocycles. The maximum atomic E-state index is 11.5. The number of aliphatic hydroxyl groups excluding tert-OH is 1. The van der Waals surface area contributed by atoms with E-state index in [9.17, 15) is 4.79 Å². The van der Waals surface area contributed by atoms with Crippen LogP contribution in [0.4, 0.5) is 0 Å². The van der Waals surface area contributed by atoms with Crippen molar-refractivity contribution >= 4 is 5.97 Å². The third-order valence-electron chi connectivity index (χ3n) is 4.85. The van der Waals surface area contributed by atoms with E-state index in [4.69, 9.17) is 14.6 Å². The Morgan fingerprint density at radius 2 is 1.70 bits per heavy atom.